The van der Waals surface area contributed by atoms with E-state index in [4.69, 9.17) is 9.52 Å². The van der Waals surface area contributed by atoms with E-state index in [1.807, 2.05) is 0 Å². The third-order valence-electron chi connectivity index (χ3n) is 2.76. The third kappa shape index (κ3) is 2.55. The fourth-order valence-electron chi connectivity index (χ4n) is 1.75. The van der Waals surface area contributed by atoms with E-state index in [9.17, 15) is 13.6 Å². The van der Waals surface area contributed by atoms with Crippen molar-refractivity contribution < 1.29 is 23.1 Å². The highest BCUT2D eigenvalue weighted by atomic mass is 32.1. The molecule has 0 bridgehead atoms. The number of aromatic carboxylic acids is 1. The number of carbonyl (C=O) groups is 1. The molecule has 3 rings (SSSR count). The highest BCUT2D eigenvalue weighted by molar-refractivity contribution is 7.13. The van der Waals surface area contributed by atoms with Gasteiger partial charge in [0.25, 0.3) is 0 Å². The maximum atomic E-state index is 13.7. The first-order chi connectivity index (χ1) is 10.0. The second-order valence-corrected chi connectivity index (χ2v) is 5.02. The summed E-state index contributed by atoms with van der Waals surface area (Å²) in [5.41, 5.74) is 0.416. The van der Waals surface area contributed by atoms with Crippen LogP contribution in [0.15, 0.2) is 40.3 Å². The summed E-state index contributed by atoms with van der Waals surface area (Å²) in [5, 5.41) is 10.7. The van der Waals surface area contributed by atoms with E-state index in [1.54, 1.807) is 5.38 Å². The minimum absolute atomic E-state index is 0.00325. The normalized spacial score (nSPS) is 10.8. The smallest absolute Gasteiger partial charge is 0.338 e. The number of aromatic nitrogens is 1. The van der Waals surface area contributed by atoms with E-state index in [0.717, 1.165) is 35.8 Å². The highest BCUT2D eigenvalue weighted by Gasteiger charge is 2.15. The van der Waals surface area contributed by atoms with Crippen LogP contribution in [0.1, 0.15) is 10.4 Å². The molecule has 2 aromatic heterocycles. The predicted molar refractivity (Wildman–Crippen MR) is 72.1 cm³/mol. The Morgan fingerprint density at radius 3 is 2.81 bits per heavy atom. The average molecular weight is 307 g/mol. The van der Waals surface area contributed by atoms with E-state index < -0.39 is 17.6 Å². The standard InChI is InChI=1S/C14H7F2NO3S/c15-8-1-2-10(16)9(4-8)13-17-11(6-21-13)12-3-7(5-20-12)14(18)19/h1-6H,(H,18,19). The lowest BCUT2D eigenvalue weighted by Gasteiger charge is -1.98. The van der Waals surface area contributed by atoms with Gasteiger partial charge in [-0.15, -0.1) is 11.3 Å². The number of halogens is 2. The van der Waals surface area contributed by atoms with Crippen molar-refractivity contribution >= 4 is 17.3 Å². The Kier molecular flexibility index (Phi) is 3.26. The van der Waals surface area contributed by atoms with Crippen molar-refractivity contribution in [1.82, 2.24) is 4.98 Å². The summed E-state index contributed by atoms with van der Waals surface area (Å²) in [6, 6.07) is 4.44. The molecular weight excluding hydrogens is 300 g/mol. The monoisotopic (exact) mass is 307 g/mol. The lowest BCUT2D eigenvalue weighted by Crippen LogP contribution is -1.91. The molecule has 1 aromatic carbocycles. The maximum Gasteiger partial charge on any atom is 0.338 e. The van der Waals surface area contributed by atoms with Gasteiger partial charge in [0.05, 0.1) is 5.56 Å². The summed E-state index contributed by atoms with van der Waals surface area (Å²) >= 11 is 1.11. The molecule has 1 N–H and O–H groups in total. The molecule has 0 atom stereocenters. The molecule has 0 aliphatic heterocycles. The third-order valence-corrected chi connectivity index (χ3v) is 3.64. The van der Waals surface area contributed by atoms with Crippen molar-refractivity contribution in [3.05, 3.63) is 53.1 Å². The summed E-state index contributed by atoms with van der Waals surface area (Å²) in [4.78, 5) is 14.9. The van der Waals surface area contributed by atoms with Crippen molar-refractivity contribution in [1.29, 1.82) is 0 Å². The first-order valence-electron chi connectivity index (χ1n) is 5.78. The number of furan rings is 1. The second kappa shape index (κ2) is 5.10. The number of carboxylic acids is 1. The fraction of sp³-hybridized carbons (Fsp3) is 0. The lowest BCUT2D eigenvalue weighted by molar-refractivity contribution is 0.0696. The zero-order valence-electron chi connectivity index (χ0n) is 10.3. The summed E-state index contributed by atoms with van der Waals surface area (Å²) < 4.78 is 32.0. The number of hydrogen-bond acceptors (Lipinski definition) is 4. The van der Waals surface area contributed by atoms with Gasteiger partial charge in [-0.25, -0.2) is 18.6 Å². The molecule has 2 heterocycles. The lowest BCUT2D eigenvalue weighted by atomic mass is 10.2. The number of rotatable bonds is 3. The first kappa shape index (κ1) is 13.4. The van der Waals surface area contributed by atoms with Crippen LogP contribution in [-0.4, -0.2) is 16.1 Å². The van der Waals surface area contributed by atoms with Crippen molar-refractivity contribution in [3.8, 4) is 22.0 Å². The molecule has 106 valence electrons. The summed E-state index contributed by atoms with van der Waals surface area (Å²) in [6.45, 7) is 0. The van der Waals surface area contributed by atoms with E-state index >= 15 is 0 Å². The Morgan fingerprint density at radius 2 is 2.10 bits per heavy atom. The van der Waals surface area contributed by atoms with Crippen LogP contribution in [0.2, 0.25) is 0 Å². The molecule has 0 spiro atoms. The summed E-state index contributed by atoms with van der Waals surface area (Å²) in [7, 11) is 0. The van der Waals surface area contributed by atoms with Gasteiger partial charge in [-0.1, -0.05) is 0 Å². The van der Waals surface area contributed by atoms with Gasteiger partial charge >= 0.3 is 5.97 Å². The van der Waals surface area contributed by atoms with Gasteiger partial charge in [-0.05, 0) is 18.2 Å². The molecule has 0 saturated carbocycles. The maximum absolute atomic E-state index is 13.7. The van der Waals surface area contributed by atoms with Gasteiger partial charge in [0.2, 0.25) is 0 Å². The van der Waals surface area contributed by atoms with E-state index in [1.165, 1.54) is 6.07 Å². The largest absolute Gasteiger partial charge is 0.478 e. The van der Waals surface area contributed by atoms with Crippen LogP contribution in [0, 0.1) is 11.6 Å². The Labute approximate surface area is 121 Å². The van der Waals surface area contributed by atoms with E-state index in [-0.39, 0.29) is 21.9 Å². The van der Waals surface area contributed by atoms with Crippen molar-refractivity contribution in [2.75, 3.05) is 0 Å². The summed E-state index contributed by atoms with van der Waals surface area (Å²) in [5.74, 6) is -2.00. The molecule has 0 aliphatic carbocycles. The van der Waals surface area contributed by atoms with Gasteiger partial charge in [0.1, 0.15) is 28.6 Å². The molecule has 0 aliphatic rings. The predicted octanol–water partition coefficient (Wildman–Crippen LogP) is 4.05. The van der Waals surface area contributed by atoms with Crippen LogP contribution in [0.3, 0.4) is 0 Å². The Hall–Kier alpha value is -2.54. The topological polar surface area (TPSA) is 63.3 Å². The minimum Gasteiger partial charge on any atom is -0.478 e. The van der Waals surface area contributed by atoms with Crippen LogP contribution in [0.25, 0.3) is 22.0 Å². The summed E-state index contributed by atoms with van der Waals surface area (Å²) in [6.07, 6.45) is 1.10. The molecule has 4 nitrogen and oxygen atoms in total. The van der Waals surface area contributed by atoms with Crippen LogP contribution >= 0.6 is 11.3 Å². The van der Waals surface area contributed by atoms with Crippen molar-refractivity contribution in [2.45, 2.75) is 0 Å². The number of hydrogen-bond donors (Lipinski definition) is 1. The van der Waals surface area contributed by atoms with Crippen LogP contribution in [-0.2, 0) is 0 Å². The molecule has 0 radical (unpaired) electrons. The quantitative estimate of drug-likeness (QED) is 0.793. The molecule has 0 unspecified atom stereocenters. The van der Waals surface area contributed by atoms with Gasteiger partial charge in [0, 0.05) is 17.0 Å². The average Bonchev–Trinajstić information content (AvgIpc) is 3.09. The highest BCUT2D eigenvalue weighted by Crippen LogP contribution is 2.31. The molecule has 7 heteroatoms. The van der Waals surface area contributed by atoms with Crippen molar-refractivity contribution in [2.24, 2.45) is 0 Å². The molecule has 3 aromatic rings. The van der Waals surface area contributed by atoms with Gasteiger partial charge in [-0.2, -0.15) is 0 Å². The molecule has 0 fully saturated rings. The van der Waals surface area contributed by atoms with E-state index in [0.29, 0.717) is 5.69 Å². The number of carboxylic acid groups (broad SMARTS) is 1. The Balaban J connectivity index is 1.99. The SMILES string of the molecule is O=C(O)c1coc(-c2csc(-c3cc(F)ccc3F)n2)c1. The van der Waals surface area contributed by atoms with Gasteiger partial charge in [0.15, 0.2) is 5.76 Å². The van der Waals surface area contributed by atoms with Crippen LogP contribution in [0.5, 0.6) is 0 Å². The van der Waals surface area contributed by atoms with Crippen LogP contribution in [0.4, 0.5) is 8.78 Å². The first-order valence-corrected chi connectivity index (χ1v) is 6.65. The van der Waals surface area contributed by atoms with Gasteiger partial charge < -0.3 is 9.52 Å². The van der Waals surface area contributed by atoms with E-state index in [2.05, 4.69) is 4.98 Å². The second-order valence-electron chi connectivity index (χ2n) is 4.17. The molecule has 0 amide bonds. The van der Waals surface area contributed by atoms with Gasteiger partial charge in [-0.3, -0.25) is 0 Å². The molecule has 21 heavy (non-hydrogen) atoms. The molecule has 0 saturated heterocycles. The Bertz CT molecular complexity index is 825. The zero-order chi connectivity index (χ0) is 15.0. The molecular formula is C14H7F2NO3S. The zero-order valence-corrected chi connectivity index (χ0v) is 11.2. The Morgan fingerprint density at radius 1 is 1.29 bits per heavy atom. The number of thiazole rings is 1. The van der Waals surface area contributed by atoms with Crippen LogP contribution < -0.4 is 0 Å². The number of nitrogens with zero attached hydrogens (tertiary/aromatic N) is 1. The van der Waals surface area contributed by atoms with Crippen molar-refractivity contribution in [3.63, 3.8) is 0 Å². The number of benzene rings is 1. The minimum atomic E-state index is -1.11. The fourth-order valence-corrected chi connectivity index (χ4v) is 2.58.